The molecule has 0 fully saturated rings. The Balaban J connectivity index is 2.24. The molecule has 4 nitrogen and oxygen atoms in total. The monoisotopic (exact) mass is 371 g/mol. The van der Waals surface area contributed by atoms with Gasteiger partial charge < -0.3 is 5.32 Å². The number of amides is 1. The first-order valence-electron chi connectivity index (χ1n) is 5.24. The lowest BCUT2D eigenvalue weighted by molar-refractivity contribution is 0.102. The third-order valence-electron chi connectivity index (χ3n) is 2.42. The van der Waals surface area contributed by atoms with Gasteiger partial charge in [0.2, 0.25) is 0 Å². The number of nitrogens with one attached hydrogen (secondary N) is 1. The van der Waals surface area contributed by atoms with Gasteiger partial charge in [0, 0.05) is 22.1 Å². The topological polar surface area (TPSA) is 46.9 Å². The molecule has 0 aliphatic heterocycles. The number of rotatable bonds is 2. The van der Waals surface area contributed by atoms with Crippen LogP contribution in [-0.2, 0) is 7.05 Å². The van der Waals surface area contributed by atoms with Gasteiger partial charge in [0.15, 0.2) is 0 Å². The highest BCUT2D eigenvalue weighted by atomic mass is 79.9. The molecule has 2 aromatic rings. The number of carbonyl (C=O) groups is 1. The molecule has 1 heterocycles. The van der Waals surface area contributed by atoms with Crippen molar-refractivity contribution >= 4 is 43.6 Å². The van der Waals surface area contributed by atoms with E-state index >= 15 is 0 Å². The molecule has 0 radical (unpaired) electrons. The van der Waals surface area contributed by atoms with Crippen LogP contribution in [0.1, 0.15) is 16.1 Å². The maximum atomic E-state index is 12.1. The van der Waals surface area contributed by atoms with Crippen molar-refractivity contribution < 1.29 is 4.79 Å². The van der Waals surface area contributed by atoms with Crippen LogP contribution < -0.4 is 5.32 Å². The Morgan fingerprint density at radius 3 is 2.61 bits per heavy atom. The van der Waals surface area contributed by atoms with E-state index in [4.69, 9.17) is 0 Å². The molecule has 1 amide bonds. The van der Waals surface area contributed by atoms with Crippen molar-refractivity contribution in [3.05, 3.63) is 44.5 Å². The van der Waals surface area contributed by atoms with E-state index in [1.165, 1.54) is 0 Å². The van der Waals surface area contributed by atoms with Crippen LogP contribution in [-0.4, -0.2) is 15.7 Å². The van der Waals surface area contributed by atoms with Crippen LogP contribution in [0.2, 0.25) is 0 Å². The summed E-state index contributed by atoms with van der Waals surface area (Å²) in [6, 6.07) is 7.25. The van der Waals surface area contributed by atoms with Crippen molar-refractivity contribution in [1.82, 2.24) is 9.78 Å². The SMILES string of the molecule is Cc1cc(NC(=O)c2ccc(Br)cc2Br)n(C)n1. The fraction of sp³-hybridized carbons (Fsp3) is 0.167. The highest BCUT2D eigenvalue weighted by Crippen LogP contribution is 2.23. The van der Waals surface area contributed by atoms with Gasteiger partial charge in [0.25, 0.3) is 5.91 Å². The van der Waals surface area contributed by atoms with Crippen molar-refractivity contribution in [3.8, 4) is 0 Å². The number of aromatic nitrogens is 2. The number of hydrogen-bond donors (Lipinski definition) is 1. The minimum atomic E-state index is -0.169. The molecule has 0 spiro atoms. The number of anilines is 1. The first-order valence-corrected chi connectivity index (χ1v) is 6.83. The van der Waals surface area contributed by atoms with Crippen molar-refractivity contribution in [1.29, 1.82) is 0 Å². The summed E-state index contributed by atoms with van der Waals surface area (Å²) in [4.78, 5) is 12.1. The molecule has 1 N–H and O–H groups in total. The standard InChI is InChI=1S/C12H11Br2N3O/c1-7-5-11(17(2)16-7)15-12(18)9-4-3-8(13)6-10(9)14/h3-6H,1-2H3,(H,15,18). The summed E-state index contributed by atoms with van der Waals surface area (Å²) >= 11 is 6.72. The van der Waals surface area contributed by atoms with E-state index in [-0.39, 0.29) is 5.91 Å². The van der Waals surface area contributed by atoms with Gasteiger partial charge in [-0.1, -0.05) is 15.9 Å². The minimum absolute atomic E-state index is 0.169. The van der Waals surface area contributed by atoms with Gasteiger partial charge in [0.1, 0.15) is 5.82 Å². The zero-order valence-corrected chi connectivity index (χ0v) is 13.0. The summed E-state index contributed by atoms with van der Waals surface area (Å²) in [5.74, 6) is 0.504. The Morgan fingerprint density at radius 2 is 2.06 bits per heavy atom. The maximum Gasteiger partial charge on any atom is 0.257 e. The van der Waals surface area contributed by atoms with E-state index in [2.05, 4.69) is 42.3 Å². The van der Waals surface area contributed by atoms with Crippen molar-refractivity contribution in [3.63, 3.8) is 0 Å². The lowest BCUT2D eigenvalue weighted by Crippen LogP contribution is -2.15. The van der Waals surface area contributed by atoms with Gasteiger partial charge in [-0.25, -0.2) is 0 Å². The molecular weight excluding hydrogens is 362 g/mol. The largest absolute Gasteiger partial charge is 0.307 e. The molecule has 1 aromatic carbocycles. The summed E-state index contributed by atoms with van der Waals surface area (Å²) in [6.45, 7) is 1.88. The van der Waals surface area contributed by atoms with Crippen LogP contribution in [0, 0.1) is 6.92 Å². The van der Waals surface area contributed by atoms with Gasteiger partial charge in [-0.05, 0) is 41.1 Å². The van der Waals surface area contributed by atoms with Gasteiger partial charge in [-0.3, -0.25) is 9.48 Å². The Morgan fingerprint density at radius 1 is 1.33 bits per heavy atom. The van der Waals surface area contributed by atoms with E-state index in [9.17, 15) is 4.79 Å². The number of aryl methyl sites for hydroxylation is 2. The maximum absolute atomic E-state index is 12.1. The quantitative estimate of drug-likeness (QED) is 0.876. The number of hydrogen-bond acceptors (Lipinski definition) is 2. The Labute approximate surface area is 122 Å². The number of halogens is 2. The third kappa shape index (κ3) is 2.81. The average Bonchev–Trinajstić information content (AvgIpc) is 2.57. The molecule has 1 aromatic heterocycles. The lowest BCUT2D eigenvalue weighted by atomic mass is 10.2. The zero-order valence-electron chi connectivity index (χ0n) is 9.87. The fourth-order valence-electron chi connectivity index (χ4n) is 1.58. The molecule has 0 saturated carbocycles. The van der Waals surface area contributed by atoms with Crippen LogP contribution in [0.5, 0.6) is 0 Å². The number of nitrogens with zero attached hydrogens (tertiary/aromatic N) is 2. The molecular formula is C12H11Br2N3O. The predicted molar refractivity (Wildman–Crippen MR) is 77.7 cm³/mol. The van der Waals surface area contributed by atoms with E-state index in [0.717, 1.165) is 14.6 Å². The Hall–Kier alpha value is -1.14. The third-order valence-corrected chi connectivity index (χ3v) is 3.57. The normalized spacial score (nSPS) is 10.4. The molecule has 6 heteroatoms. The van der Waals surface area contributed by atoms with Crippen LogP contribution >= 0.6 is 31.9 Å². The van der Waals surface area contributed by atoms with E-state index in [1.807, 2.05) is 25.1 Å². The van der Waals surface area contributed by atoms with Crippen LogP contribution in [0.15, 0.2) is 33.2 Å². The summed E-state index contributed by atoms with van der Waals surface area (Å²) in [6.07, 6.45) is 0. The fourth-order valence-corrected chi connectivity index (χ4v) is 2.81. The highest BCUT2D eigenvalue weighted by Gasteiger charge is 2.12. The summed E-state index contributed by atoms with van der Waals surface area (Å²) in [5, 5.41) is 7.00. The predicted octanol–water partition coefficient (Wildman–Crippen LogP) is 3.51. The van der Waals surface area contributed by atoms with Crippen LogP contribution in [0.4, 0.5) is 5.82 Å². The van der Waals surface area contributed by atoms with Crippen molar-refractivity contribution in [2.24, 2.45) is 7.05 Å². The van der Waals surface area contributed by atoms with Crippen LogP contribution in [0.25, 0.3) is 0 Å². The first kappa shape index (κ1) is 13.3. The highest BCUT2D eigenvalue weighted by molar-refractivity contribution is 9.11. The van der Waals surface area contributed by atoms with E-state index in [1.54, 1.807) is 17.8 Å². The Kier molecular flexibility index (Phi) is 3.87. The van der Waals surface area contributed by atoms with E-state index < -0.39 is 0 Å². The molecule has 0 unspecified atom stereocenters. The molecule has 0 saturated heterocycles. The van der Waals surface area contributed by atoms with E-state index in [0.29, 0.717) is 11.4 Å². The van der Waals surface area contributed by atoms with Gasteiger partial charge >= 0.3 is 0 Å². The van der Waals surface area contributed by atoms with Gasteiger partial charge in [0.05, 0.1) is 11.3 Å². The summed E-state index contributed by atoms with van der Waals surface area (Å²) in [7, 11) is 1.79. The van der Waals surface area contributed by atoms with Crippen molar-refractivity contribution in [2.75, 3.05) is 5.32 Å². The summed E-state index contributed by atoms with van der Waals surface area (Å²) in [5.41, 5.74) is 1.44. The number of carbonyl (C=O) groups excluding carboxylic acids is 1. The van der Waals surface area contributed by atoms with Crippen molar-refractivity contribution in [2.45, 2.75) is 6.92 Å². The second-order valence-corrected chi connectivity index (χ2v) is 5.64. The molecule has 18 heavy (non-hydrogen) atoms. The van der Waals surface area contributed by atoms with Gasteiger partial charge in [-0.2, -0.15) is 5.10 Å². The molecule has 0 bridgehead atoms. The minimum Gasteiger partial charge on any atom is -0.307 e. The Bertz CT molecular complexity index is 607. The number of benzene rings is 1. The molecule has 0 atom stereocenters. The smallest absolute Gasteiger partial charge is 0.257 e. The molecule has 0 aliphatic carbocycles. The first-order chi connectivity index (χ1) is 8.47. The molecule has 2 rings (SSSR count). The molecule has 94 valence electrons. The van der Waals surface area contributed by atoms with Crippen LogP contribution in [0.3, 0.4) is 0 Å². The van der Waals surface area contributed by atoms with Gasteiger partial charge in [-0.15, -0.1) is 0 Å². The zero-order chi connectivity index (χ0) is 13.3. The average molecular weight is 373 g/mol. The summed E-state index contributed by atoms with van der Waals surface area (Å²) < 4.78 is 3.30. The lowest BCUT2D eigenvalue weighted by Gasteiger charge is -2.07. The molecule has 0 aliphatic rings. The second kappa shape index (κ2) is 5.24. The second-order valence-electron chi connectivity index (χ2n) is 3.87.